The fourth-order valence-electron chi connectivity index (χ4n) is 2.66. The van der Waals surface area contributed by atoms with E-state index in [9.17, 15) is 9.59 Å². The van der Waals surface area contributed by atoms with Crippen molar-refractivity contribution in [3.8, 4) is 0 Å². The van der Waals surface area contributed by atoms with E-state index in [0.717, 1.165) is 18.5 Å². The predicted octanol–water partition coefficient (Wildman–Crippen LogP) is 3.68. The second-order valence-corrected chi connectivity index (χ2v) is 5.73. The fourth-order valence-corrected chi connectivity index (χ4v) is 2.66. The Labute approximate surface area is 141 Å². The monoisotopic (exact) mass is 320 g/mol. The maximum Gasteiger partial charge on any atom is 0.281 e. The SMILES string of the molecule is CCc1ccc(NC2=CC(=O)N(c3ccc(CC)cc3)C2=O)cc1. The second kappa shape index (κ2) is 6.71. The Kier molecular flexibility index (Phi) is 4.47. The highest BCUT2D eigenvalue weighted by Crippen LogP contribution is 2.24. The molecule has 0 saturated carbocycles. The number of hydrogen-bond donors (Lipinski definition) is 1. The van der Waals surface area contributed by atoms with Crippen LogP contribution in [-0.2, 0) is 22.4 Å². The summed E-state index contributed by atoms with van der Waals surface area (Å²) < 4.78 is 0. The molecule has 0 radical (unpaired) electrons. The third kappa shape index (κ3) is 3.08. The van der Waals surface area contributed by atoms with E-state index in [1.807, 2.05) is 36.4 Å². The molecule has 0 aromatic heterocycles. The van der Waals surface area contributed by atoms with E-state index in [1.54, 1.807) is 12.1 Å². The van der Waals surface area contributed by atoms with E-state index < -0.39 is 0 Å². The lowest BCUT2D eigenvalue weighted by molar-refractivity contribution is -0.120. The van der Waals surface area contributed by atoms with Crippen LogP contribution in [0.4, 0.5) is 11.4 Å². The van der Waals surface area contributed by atoms with E-state index in [1.165, 1.54) is 22.1 Å². The lowest BCUT2D eigenvalue weighted by atomic mass is 10.1. The average Bonchev–Trinajstić information content (AvgIpc) is 2.89. The lowest BCUT2D eigenvalue weighted by Crippen LogP contribution is -2.31. The van der Waals surface area contributed by atoms with E-state index in [0.29, 0.717) is 11.4 Å². The van der Waals surface area contributed by atoms with Gasteiger partial charge in [0, 0.05) is 11.8 Å². The van der Waals surface area contributed by atoms with Crippen molar-refractivity contribution >= 4 is 23.2 Å². The molecule has 24 heavy (non-hydrogen) atoms. The molecule has 4 nitrogen and oxygen atoms in total. The minimum atomic E-state index is -0.330. The van der Waals surface area contributed by atoms with Gasteiger partial charge in [0.2, 0.25) is 0 Å². The number of imide groups is 1. The number of nitrogens with zero attached hydrogens (tertiary/aromatic N) is 1. The van der Waals surface area contributed by atoms with Crippen LogP contribution >= 0.6 is 0 Å². The van der Waals surface area contributed by atoms with E-state index in [4.69, 9.17) is 0 Å². The van der Waals surface area contributed by atoms with Crippen LogP contribution in [0.25, 0.3) is 0 Å². The van der Waals surface area contributed by atoms with Gasteiger partial charge in [0.15, 0.2) is 0 Å². The summed E-state index contributed by atoms with van der Waals surface area (Å²) in [6.45, 7) is 4.15. The zero-order chi connectivity index (χ0) is 17.1. The summed E-state index contributed by atoms with van der Waals surface area (Å²) in [6.07, 6.45) is 3.23. The van der Waals surface area contributed by atoms with Crippen LogP contribution in [0.5, 0.6) is 0 Å². The highest BCUT2D eigenvalue weighted by atomic mass is 16.2. The van der Waals surface area contributed by atoms with Crippen molar-refractivity contribution in [3.63, 3.8) is 0 Å². The smallest absolute Gasteiger partial charge is 0.281 e. The number of hydrogen-bond acceptors (Lipinski definition) is 3. The molecule has 1 heterocycles. The molecule has 0 unspecified atom stereocenters. The first-order chi connectivity index (χ1) is 11.6. The molecule has 0 bridgehead atoms. The first kappa shape index (κ1) is 16.0. The molecule has 0 saturated heterocycles. The molecule has 1 N–H and O–H groups in total. The number of aryl methyl sites for hydroxylation is 2. The molecule has 1 aliphatic heterocycles. The number of carbonyl (C=O) groups excluding carboxylic acids is 2. The second-order valence-electron chi connectivity index (χ2n) is 5.73. The first-order valence-electron chi connectivity index (χ1n) is 8.17. The molecule has 0 aliphatic carbocycles. The van der Waals surface area contributed by atoms with Gasteiger partial charge in [-0.05, 0) is 48.2 Å². The quantitative estimate of drug-likeness (QED) is 0.855. The summed E-state index contributed by atoms with van der Waals surface area (Å²) in [7, 11) is 0. The summed E-state index contributed by atoms with van der Waals surface area (Å²) in [6, 6.07) is 15.3. The van der Waals surface area contributed by atoms with Gasteiger partial charge in [-0.15, -0.1) is 0 Å². The molecule has 2 amide bonds. The van der Waals surface area contributed by atoms with Crippen molar-refractivity contribution < 1.29 is 9.59 Å². The van der Waals surface area contributed by atoms with Crippen LogP contribution in [0.3, 0.4) is 0 Å². The molecular formula is C20H20N2O2. The van der Waals surface area contributed by atoms with Gasteiger partial charge in [-0.25, -0.2) is 4.90 Å². The number of amides is 2. The van der Waals surface area contributed by atoms with Gasteiger partial charge in [-0.3, -0.25) is 9.59 Å². The van der Waals surface area contributed by atoms with Crippen molar-refractivity contribution in [2.24, 2.45) is 0 Å². The molecule has 122 valence electrons. The van der Waals surface area contributed by atoms with E-state index in [2.05, 4.69) is 19.2 Å². The van der Waals surface area contributed by atoms with Gasteiger partial charge in [-0.1, -0.05) is 38.1 Å². The molecule has 1 aliphatic rings. The topological polar surface area (TPSA) is 49.4 Å². The summed E-state index contributed by atoms with van der Waals surface area (Å²) in [5, 5.41) is 3.04. The minimum absolute atomic E-state index is 0.295. The van der Waals surface area contributed by atoms with Gasteiger partial charge < -0.3 is 5.32 Å². The molecule has 0 fully saturated rings. The van der Waals surface area contributed by atoms with Crippen LogP contribution < -0.4 is 10.2 Å². The highest BCUT2D eigenvalue weighted by molar-refractivity contribution is 6.31. The molecular weight excluding hydrogens is 300 g/mol. The van der Waals surface area contributed by atoms with E-state index >= 15 is 0 Å². The van der Waals surface area contributed by atoms with Crippen molar-refractivity contribution in [1.29, 1.82) is 0 Å². The standard InChI is InChI=1S/C20H20N2O2/c1-3-14-5-9-16(10-6-14)21-18-13-19(23)22(20(18)24)17-11-7-15(4-2)8-12-17/h5-13,21H,3-4H2,1-2H3. The Hall–Kier alpha value is -2.88. The zero-order valence-corrected chi connectivity index (χ0v) is 13.9. The summed E-state index contributed by atoms with van der Waals surface area (Å²) in [4.78, 5) is 26.0. The zero-order valence-electron chi connectivity index (χ0n) is 13.9. The fraction of sp³-hybridized carbons (Fsp3) is 0.200. The van der Waals surface area contributed by atoms with Crippen LogP contribution in [0.1, 0.15) is 25.0 Å². The molecule has 0 atom stereocenters. The maximum absolute atomic E-state index is 12.6. The molecule has 2 aromatic rings. The summed E-state index contributed by atoms with van der Waals surface area (Å²) >= 11 is 0. The van der Waals surface area contributed by atoms with Gasteiger partial charge in [0.25, 0.3) is 11.8 Å². The Bertz CT molecular complexity index is 789. The molecule has 3 rings (SSSR count). The Morgan fingerprint density at radius 2 is 1.38 bits per heavy atom. The van der Waals surface area contributed by atoms with Crippen molar-refractivity contribution in [3.05, 3.63) is 71.4 Å². The van der Waals surface area contributed by atoms with Crippen LogP contribution in [0.2, 0.25) is 0 Å². The molecule has 0 spiro atoms. The highest BCUT2D eigenvalue weighted by Gasteiger charge is 2.32. The summed E-state index contributed by atoms with van der Waals surface area (Å²) in [5.41, 5.74) is 4.07. The third-order valence-electron chi connectivity index (χ3n) is 4.17. The maximum atomic E-state index is 12.6. The number of carbonyl (C=O) groups is 2. The lowest BCUT2D eigenvalue weighted by Gasteiger charge is -2.15. The average molecular weight is 320 g/mol. The molecule has 4 heteroatoms. The summed E-state index contributed by atoms with van der Waals surface area (Å²) in [5.74, 6) is -0.652. The Morgan fingerprint density at radius 3 is 1.92 bits per heavy atom. The third-order valence-corrected chi connectivity index (χ3v) is 4.17. The van der Waals surface area contributed by atoms with Crippen molar-refractivity contribution in [2.45, 2.75) is 26.7 Å². The van der Waals surface area contributed by atoms with Crippen LogP contribution in [-0.4, -0.2) is 11.8 Å². The Balaban J connectivity index is 1.77. The number of benzene rings is 2. The largest absolute Gasteiger partial charge is 0.351 e. The van der Waals surface area contributed by atoms with Crippen molar-refractivity contribution in [1.82, 2.24) is 0 Å². The van der Waals surface area contributed by atoms with Gasteiger partial charge >= 0.3 is 0 Å². The Morgan fingerprint density at radius 1 is 0.833 bits per heavy atom. The molecule has 2 aromatic carbocycles. The van der Waals surface area contributed by atoms with Crippen LogP contribution in [0, 0.1) is 0 Å². The van der Waals surface area contributed by atoms with E-state index in [-0.39, 0.29) is 11.8 Å². The van der Waals surface area contributed by atoms with Crippen LogP contribution in [0.15, 0.2) is 60.3 Å². The number of anilines is 2. The normalized spacial score (nSPS) is 14.1. The van der Waals surface area contributed by atoms with Gasteiger partial charge in [0.1, 0.15) is 5.70 Å². The predicted molar refractivity (Wildman–Crippen MR) is 95.8 cm³/mol. The van der Waals surface area contributed by atoms with Gasteiger partial charge in [-0.2, -0.15) is 0 Å². The van der Waals surface area contributed by atoms with Crippen molar-refractivity contribution in [2.75, 3.05) is 10.2 Å². The number of nitrogens with one attached hydrogen (secondary N) is 1. The first-order valence-corrected chi connectivity index (χ1v) is 8.17. The minimum Gasteiger partial charge on any atom is -0.351 e. The number of rotatable bonds is 5. The van der Waals surface area contributed by atoms with Gasteiger partial charge in [0.05, 0.1) is 5.69 Å².